The van der Waals surface area contributed by atoms with Gasteiger partial charge in [0.05, 0.1) is 17.9 Å². The fourth-order valence-electron chi connectivity index (χ4n) is 3.18. The lowest BCUT2D eigenvalue weighted by molar-refractivity contribution is -0.127. The summed E-state index contributed by atoms with van der Waals surface area (Å²) >= 11 is 1.35. The van der Waals surface area contributed by atoms with E-state index in [-0.39, 0.29) is 23.3 Å². The van der Waals surface area contributed by atoms with Crippen molar-refractivity contribution in [1.82, 2.24) is 14.5 Å². The molecule has 5 nitrogen and oxygen atoms in total. The van der Waals surface area contributed by atoms with Crippen LogP contribution in [0.2, 0.25) is 0 Å². The van der Waals surface area contributed by atoms with E-state index in [1.54, 1.807) is 21.6 Å². The molecule has 0 saturated carbocycles. The number of nitrogens with zero attached hydrogens (tertiary/aromatic N) is 3. The molecule has 0 bridgehead atoms. The molecule has 0 radical (unpaired) electrons. The van der Waals surface area contributed by atoms with Crippen LogP contribution >= 0.6 is 11.3 Å². The number of aromatic nitrogens is 2. The summed E-state index contributed by atoms with van der Waals surface area (Å²) in [6, 6.07) is 7.84. The second-order valence-corrected chi connectivity index (χ2v) is 7.13. The predicted molar refractivity (Wildman–Crippen MR) is 95.2 cm³/mol. The van der Waals surface area contributed by atoms with Crippen LogP contribution in [0.15, 0.2) is 41.5 Å². The fourth-order valence-corrected chi connectivity index (χ4v) is 4.24. The number of fused-ring (bicyclic) bond motifs is 1. The fraction of sp³-hybridized carbons (Fsp3) is 0.278. The molecule has 1 atom stereocenters. The molecule has 0 N–H and O–H groups in total. The quantitative estimate of drug-likeness (QED) is 0.724. The molecule has 1 aliphatic rings. The number of hydrogen-bond acceptors (Lipinski definition) is 4. The number of rotatable bonds is 3. The van der Waals surface area contributed by atoms with E-state index < -0.39 is 0 Å². The first-order chi connectivity index (χ1) is 12.1. The number of hydrogen-bond donors (Lipinski definition) is 0. The molecule has 25 heavy (non-hydrogen) atoms. The Bertz CT molecular complexity index is 1010. The minimum absolute atomic E-state index is 0.0673. The summed E-state index contributed by atoms with van der Waals surface area (Å²) in [5, 5.41) is 0. The van der Waals surface area contributed by atoms with Crippen LogP contribution in [0, 0.1) is 5.82 Å². The third-order valence-corrected chi connectivity index (χ3v) is 5.72. The van der Waals surface area contributed by atoms with Crippen molar-refractivity contribution in [3.8, 4) is 10.4 Å². The Hall–Kier alpha value is -2.54. The van der Waals surface area contributed by atoms with Crippen LogP contribution in [0.3, 0.4) is 0 Å². The van der Waals surface area contributed by atoms with E-state index in [4.69, 9.17) is 0 Å². The zero-order valence-electron chi connectivity index (χ0n) is 13.6. The normalized spacial score (nSPS) is 17.6. The highest BCUT2D eigenvalue weighted by molar-refractivity contribution is 7.22. The largest absolute Gasteiger partial charge is 0.341 e. The van der Waals surface area contributed by atoms with Gasteiger partial charge in [0, 0.05) is 24.4 Å². The Kier molecular flexibility index (Phi) is 3.88. The zero-order chi connectivity index (χ0) is 17.6. The number of likely N-dealkylation sites (N-methyl/N-ethyl adjacent to an activating group) is 1. The number of benzene rings is 1. The van der Waals surface area contributed by atoms with Gasteiger partial charge in [-0.05, 0) is 30.7 Å². The maximum absolute atomic E-state index is 13.1. The Balaban J connectivity index is 1.75. The van der Waals surface area contributed by atoms with Crippen LogP contribution < -0.4 is 5.56 Å². The second kappa shape index (κ2) is 6.07. The highest BCUT2D eigenvalue weighted by atomic mass is 32.1. The lowest BCUT2D eigenvalue weighted by atomic mass is 10.2. The van der Waals surface area contributed by atoms with Crippen LogP contribution in [-0.4, -0.2) is 33.4 Å². The summed E-state index contributed by atoms with van der Waals surface area (Å²) in [4.78, 5) is 31.8. The zero-order valence-corrected chi connectivity index (χ0v) is 14.4. The summed E-state index contributed by atoms with van der Waals surface area (Å²) in [6.45, 7) is 3.12. The van der Waals surface area contributed by atoms with Crippen LogP contribution in [0.5, 0.6) is 0 Å². The van der Waals surface area contributed by atoms with Gasteiger partial charge in [-0.3, -0.25) is 14.2 Å². The molecule has 1 unspecified atom stereocenters. The van der Waals surface area contributed by atoms with Gasteiger partial charge in [0.15, 0.2) is 0 Å². The SMILES string of the molecule is CCN1CC(n2cnc3cc(-c4ccc(F)cc4)sc3c2=O)CC1=O. The van der Waals surface area contributed by atoms with E-state index in [2.05, 4.69) is 4.98 Å². The second-order valence-electron chi connectivity index (χ2n) is 6.08. The Labute approximate surface area is 147 Å². The molecule has 2 aromatic heterocycles. The third kappa shape index (κ3) is 2.74. The van der Waals surface area contributed by atoms with Gasteiger partial charge in [0.25, 0.3) is 5.56 Å². The van der Waals surface area contributed by atoms with E-state index in [1.807, 2.05) is 13.0 Å². The molecule has 128 valence electrons. The average molecular weight is 357 g/mol. The van der Waals surface area contributed by atoms with Gasteiger partial charge in [0.2, 0.25) is 5.91 Å². The van der Waals surface area contributed by atoms with Crippen molar-refractivity contribution < 1.29 is 9.18 Å². The molecule has 3 aromatic rings. The number of carbonyl (C=O) groups is 1. The van der Waals surface area contributed by atoms with Crippen LogP contribution in [0.25, 0.3) is 20.7 Å². The number of carbonyl (C=O) groups excluding carboxylic acids is 1. The summed E-state index contributed by atoms with van der Waals surface area (Å²) < 4.78 is 15.2. The van der Waals surface area contributed by atoms with Crippen molar-refractivity contribution >= 4 is 27.5 Å². The predicted octanol–water partition coefficient (Wildman–Crippen LogP) is 3.06. The summed E-state index contributed by atoms with van der Waals surface area (Å²) in [6.07, 6.45) is 1.86. The number of likely N-dealkylation sites (tertiary alicyclic amines) is 1. The standard InChI is InChI=1S/C18H16FN3O2S/c1-2-21-9-13(7-16(21)23)22-10-20-14-8-15(25-17(14)18(22)24)11-3-5-12(19)6-4-11/h3-6,8,10,13H,2,7,9H2,1H3. The number of thiophene rings is 1. The van der Waals surface area contributed by atoms with Gasteiger partial charge >= 0.3 is 0 Å². The summed E-state index contributed by atoms with van der Waals surface area (Å²) in [5.74, 6) is -0.227. The van der Waals surface area contributed by atoms with Crippen molar-refractivity contribution in [2.75, 3.05) is 13.1 Å². The van der Waals surface area contributed by atoms with Crippen molar-refractivity contribution in [3.63, 3.8) is 0 Å². The smallest absolute Gasteiger partial charge is 0.271 e. The van der Waals surface area contributed by atoms with Gasteiger partial charge < -0.3 is 4.90 Å². The average Bonchev–Trinajstić information content (AvgIpc) is 3.20. The molecule has 3 heterocycles. The van der Waals surface area contributed by atoms with Crippen LogP contribution in [0.4, 0.5) is 4.39 Å². The molecule has 7 heteroatoms. The lowest BCUT2D eigenvalue weighted by Gasteiger charge is -2.15. The molecule has 1 aliphatic heterocycles. The third-order valence-electron chi connectivity index (χ3n) is 4.56. The minimum Gasteiger partial charge on any atom is -0.341 e. The summed E-state index contributed by atoms with van der Waals surface area (Å²) in [5.41, 5.74) is 1.35. The van der Waals surface area contributed by atoms with Crippen molar-refractivity contribution in [2.45, 2.75) is 19.4 Å². The van der Waals surface area contributed by atoms with Gasteiger partial charge in [-0.2, -0.15) is 0 Å². The van der Waals surface area contributed by atoms with Crippen molar-refractivity contribution in [1.29, 1.82) is 0 Å². The van der Waals surface area contributed by atoms with E-state index in [0.717, 1.165) is 10.4 Å². The van der Waals surface area contributed by atoms with Crippen molar-refractivity contribution in [3.05, 3.63) is 52.8 Å². The highest BCUT2D eigenvalue weighted by Gasteiger charge is 2.30. The maximum atomic E-state index is 13.1. The highest BCUT2D eigenvalue weighted by Crippen LogP contribution is 2.31. The van der Waals surface area contributed by atoms with E-state index in [9.17, 15) is 14.0 Å². The summed E-state index contributed by atoms with van der Waals surface area (Å²) in [7, 11) is 0. The Morgan fingerprint density at radius 2 is 2.04 bits per heavy atom. The van der Waals surface area contributed by atoms with E-state index in [0.29, 0.717) is 29.7 Å². The lowest BCUT2D eigenvalue weighted by Crippen LogP contribution is -2.28. The van der Waals surface area contributed by atoms with E-state index in [1.165, 1.54) is 29.8 Å². The molecule has 1 aromatic carbocycles. The minimum atomic E-state index is -0.295. The van der Waals surface area contributed by atoms with Gasteiger partial charge in [-0.25, -0.2) is 9.37 Å². The van der Waals surface area contributed by atoms with Gasteiger partial charge in [0.1, 0.15) is 10.5 Å². The molecule has 0 spiro atoms. The number of halogens is 1. The first-order valence-corrected chi connectivity index (χ1v) is 8.93. The number of amides is 1. The molecule has 0 aliphatic carbocycles. The maximum Gasteiger partial charge on any atom is 0.271 e. The van der Waals surface area contributed by atoms with Gasteiger partial charge in [-0.1, -0.05) is 12.1 Å². The van der Waals surface area contributed by atoms with Crippen LogP contribution in [0.1, 0.15) is 19.4 Å². The monoisotopic (exact) mass is 357 g/mol. The van der Waals surface area contributed by atoms with Crippen LogP contribution in [-0.2, 0) is 4.79 Å². The first kappa shape index (κ1) is 16.0. The Morgan fingerprint density at radius 1 is 1.28 bits per heavy atom. The Morgan fingerprint density at radius 3 is 2.72 bits per heavy atom. The topological polar surface area (TPSA) is 55.2 Å². The van der Waals surface area contributed by atoms with Gasteiger partial charge in [-0.15, -0.1) is 11.3 Å². The molecule has 1 amide bonds. The first-order valence-electron chi connectivity index (χ1n) is 8.11. The van der Waals surface area contributed by atoms with Crippen molar-refractivity contribution in [2.24, 2.45) is 0 Å². The molecule has 1 saturated heterocycles. The molecular formula is C18H16FN3O2S. The molecular weight excluding hydrogens is 341 g/mol. The molecule has 1 fully saturated rings. The van der Waals surface area contributed by atoms with E-state index >= 15 is 0 Å². The molecule has 4 rings (SSSR count).